The molecule has 0 N–H and O–H groups in total. The molecule has 102 valence electrons. The van der Waals surface area contributed by atoms with E-state index in [-0.39, 0.29) is 23.8 Å². The molecule has 0 bridgehead atoms. The Hall–Kier alpha value is -1.38. The molecule has 0 aromatic carbocycles. The van der Waals surface area contributed by atoms with Gasteiger partial charge in [0.05, 0.1) is 5.41 Å². The molecule has 19 heavy (non-hydrogen) atoms. The van der Waals surface area contributed by atoms with E-state index < -0.39 is 10.8 Å². The van der Waals surface area contributed by atoms with Crippen molar-refractivity contribution in [3.8, 4) is 0 Å². The molecule has 1 saturated carbocycles. The van der Waals surface area contributed by atoms with Crippen molar-refractivity contribution in [3.63, 3.8) is 0 Å². The molecular formula is C16H20O3. The molecule has 3 heteroatoms. The van der Waals surface area contributed by atoms with Gasteiger partial charge in [0.1, 0.15) is 11.5 Å². The lowest BCUT2D eigenvalue weighted by Gasteiger charge is -2.46. The number of ether oxygens (including phenoxy) is 1. The van der Waals surface area contributed by atoms with Gasteiger partial charge in [-0.3, -0.25) is 9.59 Å². The third-order valence-corrected chi connectivity index (χ3v) is 4.93. The molecule has 1 saturated heterocycles. The largest absolute Gasteiger partial charge is 0.460 e. The van der Waals surface area contributed by atoms with Gasteiger partial charge in [0, 0.05) is 5.92 Å². The average molecular weight is 260 g/mol. The summed E-state index contributed by atoms with van der Waals surface area (Å²) in [6.45, 7) is 3.41. The summed E-state index contributed by atoms with van der Waals surface area (Å²) in [5.74, 6) is -0.219. The monoisotopic (exact) mass is 260 g/mol. The summed E-state index contributed by atoms with van der Waals surface area (Å²) >= 11 is 0. The Morgan fingerprint density at radius 3 is 2.26 bits per heavy atom. The van der Waals surface area contributed by atoms with Gasteiger partial charge < -0.3 is 4.74 Å². The quantitative estimate of drug-likeness (QED) is 0.538. The molecule has 1 aliphatic heterocycles. The van der Waals surface area contributed by atoms with Crippen molar-refractivity contribution in [2.75, 3.05) is 0 Å². The fraction of sp³-hybridized carbons (Fsp3) is 0.625. The minimum Gasteiger partial charge on any atom is -0.460 e. The fourth-order valence-electron chi connectivity index (χ4n) is 3.84. The smallest absolute Gasteiger partial charge is 0.319 e. The Kier molecular flexibility index (Phi) is 2.70. The number of esters is 1. The summed E-state index contributed by atoms with van der Waals surface area (Å²) in [6, 6.07) is 0. The predicted molar refractivity (Wildman–Crippen MR) is 71.3 cm³/mol. The van der Waals surface area contributed by atoms with Gasteiger partial charge in [-0.15, -0.1) is 0 Å². The van der Waals surface area contributed by atoms with Crippen LogP contribution in [0, 0.1) is 16.7 Å². The highest BCUT2D eigenvalue weighted by Crippen LogP contribution is 2.53. The maximum atomic E-state index is 12.9. The highest BCUT2D eigenvalue weighted by molar-refractivity contribution is 6.08. The first-order chi connectivity index (χ1) is 8.98. The summed E-state index contributed by atoms with van der Waals surface area (Å²) in [6.07, 6.45) is 11.5. The van der Waals surface area contributed by atoms with E-state index in [0.29, 0.717) is 0 Å². The number of ketones is 1. The zero-order valence-corrected chi connectivity index (χ0v) is 11.5. The number of carbonyl (C=O) groups is 2. The van der Waals surface area contributed by atoms with Gasteiger partial charge in [-0.05, 0) is 26.7 Å². The van der Waals surface area contributed by atoms with Crippen LogP contribution >= 0.6 is 0 Å². The van der Waals surface area contributed by atoms with Crippen molar-refractivity contribution in [1.29, 1.82) is 0 Å². The van der Waals surface area contributed by atoms with E-state index in [1.54, 1.807) is 13.8 Å². The van der Waals surface area contributed by atoms with Crippen LogP contribution in [-0.4, -0.2) is 17.9 Å². The predicted octanol–water partition coefficient (Wildman–Crippen LogP) is 2.81. The Morgan fingerprint density at radius 2 is 1.68 bits per heavy atom. The van der Waals surface area contributed by atoms with Gasteiger partial charge >= 0.3 is 5.97 Å². The summed E-state index contributed by atoms with van der Waals surface area (Å²) in [7, 11) is 0. The van der Waals surface area contributed by atoms with Gasteiger partial charge in [0.2, 0.25) is 0 Å². The highest BCUT2D eigenvalue weighted by atomic mass is 16.5. The zero-order chi connectivity index (χ0) is 13.7. The van der Waals surface area contributed by atoms with Crippen molar-refractivity contribution >= 4 is 11.8 Å². The Morgan fingerprint density at radius 1 is 1.11 bits per heavy atom. The van der Waals surface area contributed by atoms with Crippen LogP contribution < -0.4 is 0 Å². The maximum absolute atomic E-state index is 12.9. The first-order valence-electron chi connectivity index (χ1n) is 7.09. The lowest BCUT2D eigenvalue weighted by molar-refractivity contribution is -0.190. The van der Waals surface area contributed by atoms with Crippen molar-refractivity contribution in [1.82, 2.24) is 0 Å². The molecule has 2 fully saturated rings. The molecule has 2 aliphatic carbocycles. The van der Waals surface area contributed by atoms with Gasteiger partial charge in [0.25, 0.3) is 0 Å². The molecule has 0 amide bonds. The van der Waals surface area contributed by atoms with Crippen LogP contribution in [0.1, 0.15) is 39.5 Å². The molecule has 1 atom stereocenters. The SMILES string of the molecule is CC1(C)C(=O)OC(C2C=CC=C2)C2(CCCC2)C1=O. The van der Waals surface area contributed by atoms with Gasteiger partial charge in [-0.1, -0.05) is 37.1 Å². The normalized spacial score (nSPS) is 32.2. The molecule has 3 rings (SSSR count). The van der Waals surface area contributed by atoms with Crippen LogP contribution in [0.4, 0.5) is 0 Å². The van der Waals surface area contributed by atoms with Crippen LogP contribution in [0.5, 0.6) is 0 Å². The molecule has 0 aromatic rings. The lowest BCUT2D eigenvalue weighted by Crippen LogP contribution is -2.59. The molecule has 1 heterocycles. The number of hydrogen-bond acceptors (Lipinski definition) is 3. The second kappa shape index (κ2) is 4.06. The Labute approximate surface area is 113 Å². The first-order valence-corrected chi connectivity index (χ1v) is 7.09. The van der Waals surface area contributed by atoms with Gasteiger partial charge in [0.15, 0.2) is 5.78 Å². The minimum atomic E-state index is -0.993. The second-order valence-electron chi connectivity index (χ2n) is 6.49. The number of allylic oxidation sites excluding steroid dienone is 2. The molecule has 0 radical (unpaired) electrons. The Bertz CT molecular complexity index is 466. The van der Waals surface area contributed by atoms with Crippen LogP contribution in [0.15, 0.2) is 24.3 Å². The van der Waals surface area contributed by atoms with Crippen molar-refractivity contribution in [2.24, 2.45) is 16.7 Å². The summed E-state index contributed by atoms with van der Waals surface area (Å²) in [5.41, 5.74) is -1.45. The van der Waals surface area contributed by atoms with Crippen molar-refractivity contribution < 1.29 is 14.3 Å². The van der Waals surface area contributed by atoms with Crippen LogP contribution in [-0.2, 0) is 14.3 Å². The number of Topliss-reactive ketones (excluding diaryl/α,β-unsaturated/α-hetero) is 1. The zero-order valence-electron chi connectivity index (χ0n) is 11.5. The third kappa shape index (κ3) is 1.63. The van der Waals surface area contributed by atoms with E-state index in [1.807, 2.05) is 24.3 Å². The molecule has 1 unspecified atom stereocenters. The summed E-state index contributed by atoms with van der Waals surface area (Å²) in [5, 5.41) is 0. The van der Waals surface area contributed by atoms with Gasteiger partial charge in [-0.25, -0.2) is 0 Å². The number of rotatable bonds is 1. The fourth-order valence-corrected chi connectivity index (χ4v) is 3.84. The van der Waals surface area contributed by atoms with Crippen LogP contribution in [0.25, 0.3) is 0 Å². The molecule has 1 spiro atoms. The number of hydrogen-bond donors (Lipinski definition) is 0. The minimum absolute atomic E-state index is 0.0575. The maximum Gasteiger partial charge on any atom is 0.319 e. The number of carbonyl (C=O) groups excluding carboxylic acids is 2. The first kappa shape index (κ1) is 12.6. The second-order valence-corrected chi connectivity index (χ2v) is 6.49. The van der Waals surface area contributed by atoms with Crippen molar-refractivity contribution in [2.45, 2.75) is 45.6 Å². The van der Waals surface area contributed by atoms with E-state index in [1.165, 1.54) is 0 Å². The topological polar surface area (TPSA) is 43.4 Å². The highest BCUT2D eigenvalue weighted by Gasteiger charge is 2.61. The summed E-state index contributed by atoms with van der Waals surface area (Å²) in [4.78, 5) is 25.0. The average Bonchev–Trinajstić information content (AvgIpc) is 3.04. The van der Waals surface area contributed by atoms with Gasteiger partial charge in [-0.2, -0.15) is 0 Å². The molecule has 3 nitrogen and oxygen atoms in total. The molecular weight excluding hydrogens is 240 g/mol. The third-order valence-electron chi connectivity index (χ3n) is 4.93. The summed E-state index contributed by atoms with van der Waals surface area (Å²) < 4.78 is 5.73. The lowest BCUT2D eigenvalue weighted by atomic mass is 9.62. The number of cyclic esters (lactones) is 1. The molecule has 0 aromatic heterocycles. The van der Waals surface area contributed by atoms with Crippen molar-refractivity contribution in [3.05, 3.63) is 24.3 Å². The van der Waals surface area contributed by atoms with E-state index in [0.717, 1.165) is 25.7 Å². The van der Waals surface area contributed by atoms with E-state index in [9.17, 15) is 9.59 Å². The van der Waals surface area contributed by atoms with Crippen LogP contribution in [0.2, 0.25) is 0 Å². The Balaban J connectivity index is 2.03. The van der Waals surface area contributed by atoms with Crippen LogP contribution in [0.3, 0.4) is 0 Å². The standard InChI is InChI=1S/C16H20O3/c1-15(2)13(17)16(9-5-6-10-16)12(19-14(15)18)11-7-3-4-8-11/h3-4,7-8,11-12H,5-6,9-10H2,1-2H3. The van der Waals surface area contributed by atoms with E-state index in [2.05, 4.69) is 0 Å². The molecule has 3 aliphatic rings. The van der Waals surface area contributed by atoms with E-state index >= 15 is 0 Å². The van der Waals surface area contributed by atoms with E-state index in [4.69, 9.17) is 4.74 Å².